The zero-order valence-electron chi connectivity index (χ0n) is 9.93. The van der Waals surface area contributed by atoms with E-state index in [9.17, 15) is 0 Å². The van der Waals surface area contributed by atoms with Gasteiger partial charge in [-0.05, 0) is 25.1 Å². The summed E-state index contributed by atoms with van der Waals surface area (Å²) in [5, 5.41) is 9.15. The van der Waals surface area contributed by atoms with Gasteiger partial charge in [0.15, 0.2) is 0 Å². The average molecular weight is 285 g/mol. The van der Waals surface area contributed by atoms with Crippen LogP contribution in [0.5, 0.6) is 0 Å². The van der Waals surface area contributed by atoms with Gasteiger partial charge in [0, 0.05) is 22.9 Å². The summed E-state index contributed by atoms with van der Waals surface area (Å²) in [7, 11) is 0. The fourth-order valence-corrected chi connectivity index (χ4v) is 2.14. The highest BCUT2D eigenvalue weighted by Gasteiger charge is 2.08. The van der Waals surface area contributed by atoms with Gasteiger partial charge in [0.25, 0.3) is 5.22 Å². The molecule has 18 heavy (non-hydrogen) atoms. The predicted octanol–water partition coefficient (Wildman–Crippen LogP) is 3.52. The number of hydrogen-bond donors (Lipinski definition) is 0. The van der Waals surface area contributed by atoms with Crippen LogP contribution in [0.2, 0.25) is 5.02 Å². The maximum atomic E-state index is 5.91. The van der Waals surface area contributed by atoms with Gasteiger partial charge >= 0.3 is 0 Å². The molecule has 0 unspecified atom stereocenters. The van der Waals surface area contributed by atoms with Crippen molar-refractivity contribution in [1.29, 1.82) is 0 Å². The number of ether oxygens (including phenoxy) is 1. The second-order valence-electron chi connectivity index (χ2n) is 3.43. The molecule has 0 radical (unpaired) electrons. The Balaban J connectivity index is 1.97. The Hall–Kier alpha value is -1.04. The second kappa shape index (κ2) is 6.78. The minimum atomic E-state index is 0.483. The molecule has 0 aliphatic heterocycles. The van der Waals surface area contributed by atoms with Crippen molar-refractivity contribution in [2.45, 2.75) is 12.1 Å². The lowest BCUT2D eigenvalue weighted by Crippen LogP contribution is -1.95. The lowest BCUT2D eigenvalue weighted by atomic mass is 10.2. The van der Waals surface area contributed by atoms with Gasteiger partial charge in [-0.15, -0.1) is 10.2 Å². The van der Waals surface area contributed by atoms with Crippen LogP contribution in [0.15, 0.2) is 33.9 Å². The molecule has 0 spiro atoms. The molecule has 4 nitrogen and oxygen atoms in total. The molecule has 2 aromatic rings. The van der Waals surface area contributed by atoms with Gasteiger partial charge in [0.05, 0.1) is 6.61 Å². The number of benzene rings is 1. The quantitative estimate of drug-likeness (QED) is 0.600. The number of halogens is 1. The minimum Gasteiger partial charge on any atom is -0.411 e. The van der Waals surface area contributed by atoms with E-state index in [1.165, 1.54) is 11.8 Å². The first-order valence-electron chi connectivity index (χ1n) is 5.59. The summed E-state index contributed by atoms with van der Waals surface area (Å²) in [4.78, 5) is 0. The third-order valence-electron chi connectivity index (χ3n) is 2.14. The Morgan fingerprint density at radius 1 is 1.39 bits per heavy atom. The first kappa shape index (κ1) is 13.4. The summed E-state index contributed by atoms with van der Waals surface area (Å²) in [5.74, 6) is 1.28. The number of nitrogens with zero attached hydrogens (tertiary/aromatic N) is 2. The predicted molar refractivity (Wildman–Crippen MR) is 72.0 cm³/mol. The highest BCUT2D eigenvalue weighted by Crippen LogP contribution is 2.24. The normalized spacial score (nSPS) is 10.8. The Kier molecular flexibility index (Phi) is 5.04. The molecule has 0 atom stereocenters. The van der Waals surface area contributed by atoms with Crippen LogP contribution in [0.25, 0.3) is 11.5 Å². The van der Waals surface area contributed by atoms with Crippen LogP contribution in [0, 0.1) is 0 Å². The van der Waals surface area contributed by atoms with Crippen LogP contribution in [0.1, 0.15) is 6.92 Å². The van der Waals surface area contributed by atoms with E-state index in [-0.39, 0.29) is 0 Å². The first-order valence-corrected chi connectivity index (χ1v) is 6.96. The molecule has 96 valence electrons. The summed E-state index contributed by atoms with van der Waals surface area (Å²) in [6.45, 7) is 3.36. The zero-order chi connectivity index (χ0) is 12.8. The van der Waals surface area contributed by atoms with Gasteiger partial charge < -0.3 is 9.15 Å². The number of thioether (sulfide) groups is 1. The molecule has 1 aromatic heterocycles. The number of hydrogen-bond acceptors (Lipinski definition) is 5. The standard InChI is InChI=1S/C12H13ClN2O2S/c1-2-16-6-7-18-12-15-14-11(17-12)9-4-3-5-10(13)8-9/h3-5,8H,2,6-7H2,1H3. The zero-order valence-corrected chi connectivity index (χ0v) is 11.5. The molecule has 0 aliphatic carbocycles. The topological polar surface area (TPSA) is 48.2 Å². The lowest BCUT2D eigenvalue weighted by Gasteiger charge is -1.97. The van der Waals surface area contributed by atoms with Gasteiger partial charge in [0.2, 0.25) is 5.89 Å². The molecule has 0 N–H and O–H groups in total. The van der Waals surface area contributed by atoms with E-state index < -0.39 is 0 Å². The van der Waals surface area contributed by atoms with Gasteiger partial charge in [-0.25, -0.2) is 0 Å². The van der Waals surface area contributed by atoms with E-state index in [1.807, 2.05) is 19.1 Å². The minimum absolute atomic E-state index is 0.483. The highest BCUT2D eigenvalue weighted by molar-refractivity contribution is 7.99. The Bertz CT molecular complexity index is 504. The van der Waals surface area contributed by atoms with E-state index in [4.69, 9.17) is 20.8 Å². The molecular formula is C12H13ClN2O2S. The van der Waals surface area contributed by atoms with Crippen LogP contribution in [0.4, 0.5) is 0 Å². The second-order valence-corrected chi connectivity index (χ2v) is 4.91. The van der Waals surface area contributed by atoms with Gasteiger partial charge in [-0.3, -0.25) is 0 Å². The molecule has 0 bridgehead atoms. The van der Waals surface area contributed by atoms with E-state index in [1.54, 1.807) is 12.1 Å². The van der Waals surface area contributed by atoms with Crippen LogP contribution in [0.3, 0.4) is 0 Å². The maximum Gasteiger partial charge on any atom is 0.276 e. The Morgan fingerprint density at radius 2 is 2.28 bits per heavy atom. The molecule has 0 fully saturated rings. The molecule has 6 heteroatoms. The van der Waals surface area contributed by atoms with Crippen molar-refractivity contribution in [2.24, 2.45) is 0 Å². The van der Waals surface area contributed by atoms with Crippen molar-refractivity contribution >= 4 is 23.4 Å². The monoisotopic (exact) mass is 284 g/mol. The van der Waals surface area contributed by atoms with Crippen molar-refractivity contribution in [1.82, 2.24) is 10.2 Å². The maximum absolute atomic E-state index is 5.91. The number of aromatic nitrogens is 2. The van der Waals surface area contributed by atoms with Crippen molar-refractivity contribution in [3.05, 3.63) is 29.3 Å². The Labute approximate surface area is 115 Å². The van der Waals surface area contributed by atoms with Crippen LogP contribution < -0.4 is 0 Å². The van der Waals surface area contributed by atoms with Gasteiger partial charge in [0.1, 0.15) is 0 Å². The SMILES string of the molecule is CCOCCSc1nnc(-c2cccc(Cl)c2)o1. The smallest absolute Gasteiger partial charge is 0.276 e. The van der Waals surface area contributed by atoms with Crippen molar-refractivity contribution < 1.29 is 9.15 Å². The summed E-state index contributed by atoms with van der Waals surface area (Å²) < 4.78 is 10.8. The van der Waals surface area contributed by atoms with Crippen LogP contribution in [-0.2, 0) is 4.74 Å². The molecule has 1 heterocycles. The summed E-state index contributed by atoms with van der Waals surface area (Å²) in [6.07, 6.45) is 0. The van der Waals surface area contributed by atoms with Crippen LogP contribution in [-0.4, -0.2) is 29.2 Å². The Morgan fingerprint density at radius 3 is 3.06 bits per heavy atom. The number of rotatable bonds is 6. The van der Waals surface area contributed by atoms with E-state index in [2.05, 4.69) is 10.2 Å². The summed E-state index contributed by atoms with van der Waals surface area (Å²) >= 11 is 7.39. The molecule has 0 saturated heterocycles. The van der Waals surface area contributed by atoms with E-state index in [0.717, 1.165) is 17.9 Å². The highest BCUT2D eigenvalue weighted by atomic mass is 35.5. The van der Waals surface area contributed by atoms with Crippen molar-refractivity contribution in [3.8, 4) is 11.5 Å². The summed E-state index contributed by atoms with van der Waals surface area (Å²) in [6, 6.07) is 7.33. The largest absolute Gasteiger partial charge is 0.411 e. The first-order chi connectivity index (χ1) is 8.79. The van der Waals surface area contributed by atoms with Gasteiger partial charge in [-0.1, -0.05) is 29.4 Å². The fourth-order valence-electron chi connectivity index (χ4n) is 1.34. The van der Waals surface area contributed by atoms with E-state index in [0.29, 0.717) is 22.7 Å². The molecule has 1 aromatic carbocycles. The summed E-state index contributed by atoms with van der Waals surface area (Å²) in [5.41, 5.74) is 0.826. The fraction of sp³-hybridized carbons (Fsp3) is 0.333. The molecule has 2 rings (SSSR count). The third-order valence-corrected chi connectivity index (χ3v) is 3.15. The average Bonchev–Trinajstić information content (AvgIpc) is 2.83. The molecule has 0 saturated carbocycles. The molecule has 0 aliphatic rings. The molecular weight excluding hydrogens is 272 g/mol. The third kappa shape index (κ3) is 3.73. The molecule has 0 amide bonds. The van der Waals surface area contributed by atoms with Crippen molar-refractivity contribution in [3.63, 3.8) is 0 Å². The van der Waals surface area contributed by atoms with Crippen LogP contribution >= 0.6 is 23.4 Å². The lowest BCUT2D eigenvalue weighted by molar-refractivity contribution is 0.164. The van der Waals surface area contributed by atoms with Gasteiger partial charge in [-0.2, -0.15) is 0 Å². The van der Waals surface area contributed by atoms with E-state index >= 15 is 0 Å². The van der Waals surface area contributed by atoms with Crippen molar-refractivity contribution in [2.75, 3.05) is 19.0 Å².